The highest BCUT2D eigenvalue weighted by atomic mass is 32.1. The summed E-state index contributed by atoms with van der Waals surface area (Å²) in [7, 11) is 0. The molecule has 6 nitrogen and oxygen atoms in total. The molecule has 0 saturated heterocycles. The summed E-state index contributed by atoms with van der Waals surface area (Å²) >= 11 is 6.46. The third kappa shape index (κ3) is 5.18. The van der Waals surface area contributed by atoms with Crippen LogP contribution in [0.5, 0.6) is 0 Å². The van der Waals surface area contributed by atoms with Crippen molar-refractivity contribution in [3.05, 3.63) is 71.5 Å². The Morgan fingerprint density at radius 2 is 1.93 bits per heavy atom. The van der Waals surface area contributed by atoms with Gasteiger partial charge in [-0.3, -0.25) is 15.1 Å². The average Bonchev–Trinajstić information content (AvgIpc) is 3.12. The molecule has 3 rings (SSSR count). The number of hydrogen-bond acceptors (Lipinski definition) is 5. The molecule has 1 amide bonds. The first-order chi connectivity index (χ1) is 13.5. The van der Waals surface area contributed by atoms with Crippen molar-refractivity contribution >= 4 is 57.3 Å². The molecule has 142 valence electrons. The molecule has 2 N–H and O–H groups in total. The lowest BCUT2D eigenvalue weighted by Crippen LogP contribution is -2.24. The molecule has 0 unspecified atom stereocenters. The van der Waals surface area contributed by atoms with E-state index >= 15 is 0 Å². The van der Waals surface area contributed by atoms with E-state index in [2.05, 4.69) is 20.8 Å². The number of nitrogens with zero attached hydrogens (tertiary/aromatic N) is 3. The number of thiocarbonyl (C=S) groups is 1. The minimum absolute atomic E-state index is 0.133. The van der Waals surface area contributed by atoms with Crippen molar-refractivity contribution in [3.63, 3.8) is 0 Å². The molecule has 0 aliphatic heterocycles. The molecule has 0 aliphatic rings. The van der Waals surface area contributed by atoms with E-state index in [0.29, 0.717) is 16.5 Å². The Kier molecular flexibility index (Phi) is 6.41. The highest BCUT2D eigenvalue weighted by Gasteiger charge is 2.17. The van der Waals surface area contributed by atoms with Gasteiger partial charge >= 0.3 is 0 Å². The lowest BCUT2D eigenvalue weighted by atomic mass is 10.3. The van der Waals surface area contributed by atoms with Crippen molar-refractivity contribution in [2.75, 3.05) is 10.2 Å². The maximum Gasteiger partial charge on any atom is 0.230 e. The van der Waals surface area contributed by atoms with E-state index in [4.69, 9.17) is 12.2 Å². The zero-order valence-electron chi connectivity index (χ0n) is 14.8. The maximum absolute atomic E-state index is 12.9. The summed E-state index contributed by atoms with van der Waals surface area (Å²) in [5.74, 6) is -0.455. The summed E-state index contributed by atoms with van der Waals surface area (Å²) in [6, 6.07) is 15.1. The predicted octanol–water partition coefficient (Wildman–Crippen LogP) is 4.29. The number of aromatic nitrogens is 1. The fourth-order valence-corrected chi connectivity index (χ4v) is 3.30. The van der Waals surface area contributed by atoms with Crippen LogP contribution in [-0.2, 0) is 4.79 Å². The van der Waals surface area contributed by atoms with E-state index in [9.17, 15) is 9.18 Å². The Morgan fingerprint density at radius 1 is 1.21 bits per heavy atom. The monoisotopic (exact) mass is 413 g/mol. The minimum atomic E-state index is -0.322. The predicted molar refractivity (Wildman–Crippen MR) is 115 cm³/mol. The van der Waals surface area contributed by atoms with Crippen LogP contribution in [0.1, 0.15) is 12.6 Å². The summed E-state index contributed by atoms with van der Waals surface area (Å²) < 4.78 is 12.9. The smallest absolute Gasteiger partial charge is 0.230 e. The van der Waals surface area contributed by atoms with Gasteiger partial charge in [0.1, 0.15) is 5.82 Å². The van der Waals surface area contributed by atoms with Crippen molar-refractivity contribution in [2.45, 2.75) is 6.92 Å². The number of rotatable bonds is 5. The number of thiazole rings is 1. The Morgan fingerprint density at radius 3 is 2.61 bits per heavy atom. The number of halogens is 1. The summed E-state index contributed by atoms with van der Waals surface area (Å²) in [6.07, 6.45) is 1.50. The standard InChI is InChI=1S/C19H16FN5OS2/c1-13(26)25(17-5-3-2-4-6-17)19-23-16(12-28-19)11-21-24-18(27)22-15-9-7-14(20)8-10-15/h2-12H,1H3,(H2,22,24,27)/b21-11-. The molecule has 0 radical (unpaired) electrons. The summed E-state index contributed by atoms with van der Waals surface area (Å²) in [6.45, 7) is 1.49. The number of para-hydroxylation sites is 1. The third-order valence-electron chi connectivity index (χ3n) is 3.50. The van der Waals surface area contributed by atoms with Gasteiger partial charge in [-0.25, -0.2) is 9.37 Å². The van der Waals surface area contributed by atoms with Gasteiger partial charge in [0.2, 0.25) is 5.91 Å². The van der Waals surface area contributed by atoms with Crippen LogP contribution in [0, 0.1) is 5.82 Å². The van der Waals surface area contributed by atoms with Crippen LogP contribution in [0.2, 0.25) is 0 Å². The average molecular weight is 414 g/mol. The van der Waals surface area contributed by atoms with Crippen LogP contribution >= 0.6 is 23.6 Å². The normalized spacial score (nSPS) is 10.6. The van der Waals surface area contributed by atoms with Gasteiger partial charge in [-0.1, -0.05) is 18.2 Å². The van der Waals surface area contributed by atoms with Crippen LogP contribution in [-0.4, -0.2) is 22.2 Å². The second-order valence-corrected chi connectivity index (χ2v) is 6.82. The number of anilines is 3. The summed E-state index contributed by atoms with van der Waals surface area (Å²) in [5.41, 5.74) is 4.64. The molecule has 1 heterocycles. The van der Waals surface area contributed by atoms with Gasteiger partial charge in [0, 0.05) is 18.0 Å². The first-order valence-corrected chi connectivity index (χ1v) is 9.48. The molecule has 0 saturated carbocycles. The Bertz CT molecular complexity index is 989. The van der Waals surface area contributed by atoms with Crippen LogP contribution in [0.3, 0.4) is 0 Å². The fourth-order valence-electron chi connectivity index (χ4n) is 2.29. The molecular weight excluding hydrogens is 397 g/mol. The highest BCUT2D eigenvalue weighted by Crippen LogP contribution is 2.28. The SMILES string of the molecule is CC(=O)N(c1ccccc1)c1nc(/C=N\NC(=S)Nc2ccc(F)cc2)cs1. The molecule has 9 heteroatoms. The summed E-state index contributed by atoms with van der Waals surface area (Å²) in [5, 5.41) is 9.51. The highest BCUT2D eigenvalue weighted by molar-refractivity contribution is 7.80. The van der Waals surface area contributed by atoms with Gasteiger partial charge in [0.15, 0.2) is 10.2 Å². The lowest BCUT2D eigenvalue weighted by molar-refractivity contribution is -0.115. The van der Waals surface area contributed by atoms with Crippen LogP contribution in [0.15, 0.2) is 65.1 Å². The molecule has 3 aromatic rings. The number of amides is 1. The fraction of sp³-hybridized carbons (Fsp3) is 0.0526. The molecule has 0 spiro atoms. The number of carbonyl (C=O) groups is 1. The molecular formula is C19H16FN5OS2. The molecule has 1 aromatic heterocycles. The molecule has 0 bridgehead atoms. The number of carbonyl (C=O) groups excluding carboxylic acids is 1. The van der Waals surface area contributed by atoms with Crippen molar-refractivity contribution < 1.29 is 9.18 Å². The van der Waals surface area contributed by atoms with E-state index in [0.717, 1.165) is 5.69 Å². The number of benzene rings is 2. The van der Waals surface area contributed by atoms with E-state index in [1.807, 2.05) is 30.3 Å². The first kappa shape index (κ1) is 19.6. The minimum Gasteiger partial charge on any atom is -0.331 e. The van der Waals surface area contributed by atoms with Gasteiger partial charge in [0.05, 0.1) is 17.6 Å². The number of nitrogens with one attached hydrogen (secondary N) is 2. The Hall–Kier alpha value is -3.17. The molecule has 0 aliphatic carbocycles. The second-order valence-electron chi connectivity index (χ2n) is 5.58. The summed E-state index contributed by atoms with van der Waals surface area (Å²) in [4.78, 5) is 18.0. The molecule has 0 fully saturated rings. The van der Waals surface area contributed by atoms with Crippen molar-refractivity contribution in [3.8, 4) is 0 Å². The van der Waals surface area contributed by atoms with Gasteiger partial charge in [0.25, 0.3) is 0 Å². The topological polar surface area (TPSA) is 69.6 Å². The van der Waals surface area contributed by atoms with Crippen molar-refractivity contribution in [2.24, 2.45) is 5.10 Å². The number of hydrazone groups is 1. The Labute approximate surface area is 170 Å². The number of hydrogen-bond donors (Lipinski definition) is 2. The molecule has 0 atom stereocenters. The van der Waals surface area contributed by atoms with Crippen LogP contribution in [0.25, 0.3) is 0 Å². The molecule has 28 heavy (non-hydrogen) atoms. The maximum atomic E-state index is 12.9. The zero-order valence-corrected chi connectivity index (χ0v) is 16.4. The van der Waals surface area contributed by atoms with Gasteiger partial charge in [-0.2, -0.15) is 5.10 Å². The first-order valence-electron chi connectivity index (χ1n) is 8.20. The third-order valence-corrected chi connectivity index (χ3v) is 4.53. The van der Waals surface area contributed by atoms with Gasteiger partial charge in [-0.15, -0.1) is 11.3 Å². The quantitative estimate of drug-likeness (QED) is 0.371. The van der Waals surface area contributed by atoms with Crippen LogP contribution in [0.4, 0.5) is 20.9 Å². The Balaban J connectivity index is 1.62. The van der Waals surface area contributed by atoms with Crippen LogP contribution < -0.4 is 15.6 Å². The van der Waals surface area contributed by atoms with Crippen molar-refractivity contribution in [1.29, 1.82) is 0 Å². The van der Waals surface area contributed by atoms with E-state index < -0.39 is 0 Å². The van der Waals surface area contributed by atoms with Gasteiger partial charge < -0.3 is 5.32 Å². The second kappa shape index (κ2) is 9.16. The zero-order chi connectivity index (χ0) is 19.9. The van der Waals surface area contributed by atoms with E-state index in [1.165, 1.54) is 41.5 Å². The van der Waals surface area contributed by atoms with Gasteiger partial charge in [-0.05, 0) is 48.6 Å². The van der Waals surface area contributed by atoms with Crippen molar-refractivity contribution in [1.82, 2.24) is 10.4 Å². The largest absolute Gasteiger partial charge is 0.331 e. The molecule has 2 aromatic carbocycles. The van der Waals surface area contributed by atoms with E-state index in [1.54, 1.807) is 17.5 Å². The van der Waals surface area contributed by atoms with E-state index in [-0.39, 0.29) is 16.8 Å². The lowest BCUT2D eigenvalue weighted by Gasteiger charge is -2.17.